The Balaban J connectivity index is 1.85. The van der Waals surface area contributed by atoms with E-state index in [1.807, 2.05) is 20.8 Å². The van der Waals surface area contributed by atoms with Crippen LogP contribution in [0.4, 0.5) is 18.9 Å². The maximum atomic E-state index is 16.1. The maximum absolute atomic E-state index is 16.1. The number of hydrogen-bond donors (Lipinski definition) is 2. The average Bonchev–Trinajstić information content (AvgIpc) is 3.32. The van der Waals surface area contributed by atoms with Crippen LogP contribution in [0.15, 0.2) is 24.4 Å². The second kappa shape index (κ2) is 6.89. The minimum atomic E-state index is -0.816. The van der Waals surface area contributed by atoms with E-state index >= 15 is 8.78 Å². The van der Waals surface area contributed by atoms with Crippen molar-refractivity contribution < 1.29 is 13.2 Å². The third-order valence-corrected chi connectivity index (χ3v) is 5.75. The summed E-state index contributed by atoms with van der Waals surface area (Å²) in [6, 6.07) is 3.68. The maximum Gasteiger partial charge on any atom is 0.162 e. The number of nitrogens with zero attached hydrogens (tertiary/aromatic N) is 3. The summed E-state index contributed by atoms with van der Waals surface area (Å²) in [5.74, 6) is 4.49. The molecule has 0 unspecified atom stereocenters. The largest absolute Gasteiger partial charge is 0.371 e. The van der Waals surface area contributed by atoms with Crippen molar-refractivity contribution in [1.29, 1.82) is 0 Å². The van der Waals surface area contributed by atoms with Crippen LogP contribution >= 0.6 is 0 Å². The van der Waals surface area contributed by atoms with Gasteiger partial charge < -0.3 is 10.3 Å². The highest BCUT2D eigenvalue weighted by Crippen LogP contribution is 2.43. The van der Waals surface area contributed by atoms with Crippen LogP contribution in [0.3, 0.4) is 0 Å². The highest BCUT2D eigenvalue weighted by atomic mass is 19.1. The topological polar surface area (TPSA) is 58.5 Å². The molecule has 2 aromatic heterocycles. The first-order chi connectivity index (χ1) is 15.3. The minimum absolute atomic E-state index is 0.0828. The first-order valence-corrected chi connectivity index (χ1v) is 10.3. The normalized spacial score (nSPS) is 13.8. The van der Waals surface area contributed by atoms with Gasteiger partial charge in [0.15, 0.2) is 11.6 Å². The van der Waals surface area contributed by atoms with Crippen molar-refractivity contribution >= 4 is 16.6 Å². The van der Waals surface area contributed by atoms with E-state index in [4.69, 9.17) is 0 Å². The van der Waals surface area contributed by atoms with Crippen LogP contribution in [0.5, 0.6) is 0 Å². The molecule has 32 heavy (non-hydrogen) atoms. The van der Waals surface area contributed by atoms with Crippen molar-refractivity contribution in [3.05, 3.63) is 59.1 Å². The molecule has 4 aromatic rings. The molecule has 0 saturated heterocycles. The predicted molar refractivity (Wildman–Crippen MR) is 117 cm³/mol. The van der Waals surface area contributed by atoms with Gasteiger partial charge in [0.2, 0.25) is 0 Å². The number of nitrogens with one attached hydrogen (secondary N) is 2. The molecule has 1 aliphatic rings. The van der Waals surface area contributed by atoms with Crippen molar-refractivity contribution in [2.45, 2.75) is 39.7 Å². The van der Waals surface area contributed by atoms with Gasteiger partial charge in [0.25, 0.3) is 0 Å². The highest BCUT2D eigenvalue weighted by molar-refractivity contribution is 5.98. The first kappa shape index (κ1) is 20.2. The number of aromatic amines is 1. The summed E-state index contributed by atoms with van der Waals surface area (Å²) in [7, 11) is 0. The molecule has 2 N–H and O–H groups in total. The SMILES string of the molecule is CC#Cc1c[nH]c2c(-c3c(F)cc4c(c3F)-n3c(CC)nnc3C(C)(C)N4)cc(F)cc12. The molecule has 3 heterocycles. The zero-order valence-electron chi connectivity index (χ0n) is 18.0. The number of aromatic nitrogens is 4. The van der Waals surface area contributed by atoms with E-state index in [9.17, 15) is 4.39 Å². The number of fused-ring (bicyclic) bond motifs is 4. The van der Waals surface area contributed by atoms with Crippen molar-refractivity contribution in [3.8, 4) is 28.7 Å². The molecular weight excluding hydrogens is 415 g/mol. The van der Waals surface area contributed by atoms with E-state index < -0.39 is 23.0 Å². The second-order valence-electron chi connectivity index (χ2n) is 8.28. The lowest BCUT2D eigenvalue weighted by Gasteiger charge is -2.34. The van der Waals surface area contributed by atoms with Gasteiger partial charge in [0.1, 0.15) is 23.1 Å². The van der Waals surface area contributed by atoms with Crippen molar-refractivity contribution in [2.75, 3.05) is 5.32 Å². The third kappa shape index (κ3) is 2.74. The quantitative estimate of drug-likeness (QED) is 0.413. The van der Waals surface area contributed by atoms with E-state index in [0.29, 0.717) is 34.5 Å². The number of benzene rings is 2. The Labute approximate surface area is 182 Å². The molecule has 0 amide bonds. The van der Waals surface area contributed by atoms with Gasteiger partial charge in [-0.2, -0.15) is 0 Å². The average molecular weight is 435 g/mol. The molecular formula is C24H20F3N5. The Morgan fingerprint density at radius 2 is 1.91 bits per heavy atom. The van der Waals surface area contributed by atoms with E-state index in [1.54, 1.807) is 17.7 Å². The summed E-state index contributed by atoms with van der Waals surface area (Å²) in [5, 5.41) is 12.1. The Morgan fingerprint density at radius 1 is 1.12 bits per heavy atom. The zero-order valence-corrected chi connectivity index (χ0v) is 18.0. The van der Waals surface area contributed by atoms with Gasteiger partial charge in [-0.3, -0.25) is 4.57 Å². The van der Waals surface area contributed by atoms with E-state index in [0.717, 1.165) is 6.07 Å². The number of rotatable bonds is 2. The summed E-state index contributed by atoms with van der Waals surface area (Å²) < 4.78 is 47.7. The van der Waals surface area contributed by atoms with Crippen molar-refractivity contribution in [3.63, 3.8) is 0 Å². The van der Waals surface area contributed by atoms with Crippen LogP contribution < -0.4 is 5.32 Å². The van der Waals surface area contributed by atoms with Crippen molar-refractivity contribution in [1.82, 2.24) is 19.7 Å². The molecule has 0 bridgehead atoms. The fraction of sp³-hybridized carbons (Fsp3) is 0.250. The van der Waals surface area contributed by atoms with Crippen molar-refractivity contribution in [2.24, 2.45) is 0 Å². The second-order valence-corrected chi connectivity index (χ2v) is 8.28. The predicted octanol–water partition coefficient (Wildman–Crippen LogP) is 5.43. The van der Waals surface area contributed by atoms with Crippen LogP contribution in [-0.2, 0) is 12.0 Å². The van der Waals surface area contributed by atoms with Gasteiger partial charge in [0, 0.05) is 35.2 Å². The Kier molecular flexibility index (Phi) is 4.35. The van der Waals surface area contributed by atoms with Crippen LogP contribution in [0.25, 0.3) is 27.7 Å². The number of halogens is 3. The lowest BCUT2D eigenvalue weighted by molar-refractivity contribution is 0.515. The van der Waals surface area contributed by atoms with Gasteiger partial charge in [-0.25, -0.2) is 13.2 Å². The molecule has 5 nitrogen and oxygen atoms in total. The fourth-order valence-electron chi connectivity index (χ4n) is 4.38. The zero-order chi connectivity index (χ0) is 22.8. The summed E-state index contributed by atoms with van der Waals surface area (Å²) in [5.41, 5.74) is 0.439. The highest BCUT2D eigenvalue weighted by Gasteiger charge is 2.38. The van der Waals surface area contributed by atoms with E-state index in [1.165, 1.54) is 12.1 Å². The van der Waals surface area contributed by atoms with Gasteiger partial charge in [-0.1, -0.05) is 12.8 Å². The number of hydrogen-bond acceptors (Lipinski definition) is 3. The first-order valence-electron chi connectivity index (χ1n) is 10.3. The molecule has 0 atom stereocenters. The Morgan fingerprint density at radius 3 is 2.62 bits per heavy atom. The lowest BCUT2D eigenvalue weighted by Crippen LogP contribution is -2.36. The van der Waals surface area contributed by atoms with Gasteiger partial charge in [-0.05, 0) is 32.9 Å². The molecule has 0 spiro atoms. The number of aryl methyl sites for hydroxylation is 1. The standard InChI is InChI=1S/C24H20F3N5/c1-5-7-12-11-28-21-14(12)8-13(25)9-15(21)19-16(26)10-17-22(20(19)27)32-18(6-2)30-31-23(32)24(3,4)29-17/h8-11,28-29H,6H2,1-4H3. The molecule has 8 heteroatoms. The Hall–Kier alpha value is -3.73. The molecule has 0 saturated carbocycles. The van der Waals surface area contributed by atoms with Crippen LogP contribution in [-0.4, -0.2) is 19.7 Å². The van der Waals surface area contributed by atoms with Gasteiger partial charge in [0.05, 0.1) is 22.3 Å². The van der Waals surface area contributed by atoms with Crippen LogP contribution in [0.1, 0.15) is 44.9 Å². The number of H-pyrrole nitrogens is 1. The minimum Gasteiger partial charge on any atom is -0.371 e. The molecule has 0 radical (unpaired) electrons. The monoisotopic (exact) mass is 435 g/mol. The molecule has 1 aliphatic heterocycles. The summed E-state index contributed by atoms with van der Waals surface area (Å²) in [6.07, 6.45) is 2.12. The smallest absolute Gasteiger partial charge is 0.162 e. The van der Waals surface area contributed by atoms with Crippen LogP contribution in [0, 0.1) is 29.3 Å². The van der Waals surface area contributed by atoms with Crippen LogP contribution in [0.2, 0.25) is 0 Å². The summed E-state index contributed by atoms with van der Waals surface area (Å²) >= 11 is 0. The lowest BCUT2D eigenvalue weighted by atomic mass is 9.95. The van der Waals surface area contributed by atoms with Gasteiger partial charge >= 0.3 is 0 Å². The fourth-order valence-corrected chi connectivity index (χ4v) is 4.38. The van der Waals surface area contributed by atoms with Gasteiger partial charge in [-0.15, -0.1) is 16.1 Å². The molecule has 5 rings (SSSR count). The van der Waals surface area contributed by atoms with E-state index in [-0.39, 0.29) is 22.5 Å². The summed E-state index contributed by atoms with van der Waals surface area (Å²) in [6.45, 7) is 7.29. The summed E-state index contributed by atoms with van der Waals surface area (Å²) in [4.78, 5) is 3.00. The Bertz CT molecular complexity index is 1470. The molecule has 0 fully saturated rings. The molecule has 162 valence electrons. The number of anilines is 1. The molecule has 2 aromatic carbocycles. The third-order valence-electron chi connectivity index (χ3n) is 5.75. The molecule has 0 aliphatic carbocycles. The van der Waals surface area contributed by atoms with E-state index in [2.05, 4.69) is 32.3 Å².